The maximum Gasteiger partial charge on any atom is 0.157 e. The lowest BCUT2D eigenvalue weighted by Crippen LogP contribution is -2.32. The number of rotatable bonds is 2. The van der Waals surface area contributed by atoms with E-state index in [1.807, 2.05) is 24.3 Å². The molecule has 2 nitrogen and oxygen atoms in total. The molecule has 0 radical (unpaired) electrons. The van der Waals surface area contributed by atoms with Crippen LogP contribution in [-0.2, 0) is 15.5 Å². The molecule has 3 unspecified atom stereocenters. The first-order chi connectivity index (χ1) is 8.61. The minimum atomic E-state index is -0.962. The summed E-state index contributed by atoms with van der Waals surface area (Å²) >= 11 is 0. The molecule has 0 spiro atoms. The van der Waals surface area contributed by atoms with Crippen LogP contribution in [-0.4, -0.2) is 16.6 Å². The number of hydrogen-bond donors (Lipinski definition) is 0. The molecule has 0 bridgehead atoms. The van der Waals surface area contributed by atoms with Gasteiger partial charge in [-0.15, -0.1) is 6.42 Å². The summed E-state index contributed by atoms with van der Waals surface area (Å²) in [5, 5.41) is 0. The van der Waals surface area contributed by atoms with Gasteiger partial charge in [-0.05, 0) is 29.5 Å². The number of ether oxygens (including phenoxy) is 1. The van der Waals surface area contributed by atoms with Crippen molar-refractivity contribution in [3.63, 3.8) is 0 Å². The number of hydrogen-bond acceptors (Lipinski definition) is 2. The molecule has 18 heavy (non-hydrogen) atoms. The molecule has 3 heteroatoms. The molecule has 0 N–H and O–H groups in total. The summed E-state index contributed by atoms with van der Waals surface area (Å²) in [7, 11) is -0.962. The Balaban J connectivity index is 2.11. The average molecular weight is 262 g/mol. The molecule has 1 fully saturated rings. The van der Waals surface area contributed by atoms with Crippen molar-refractivity contribution in [1.82, 2.24) is 0 Å². The summed E-state index contributed by atoms with van der Waals surface area (Å²) in [6.07, 6.45) is 5.32. The minimum Gasteiger partial charge on any atom is -0.360 e. The van der Waals surface area contributed by atoms with Crippen molar-refractivity contribution in [2.75, 3.05) is 12.4 Å². The van der Waals surface area contributed by atoms with Crippen molar-refractivity contribution in [3.05, 3.63) is 35.4 Å². The third-order valence-corrected chi connectivity index (χ3v) is 5.01. The van der Waals surface area contributed by atoms with E-state index >= 15 is 0 Å². The zero-order valence-corrected chi connectivity index (χ0v) is 11.6. The first-order valence-electron chi connectivity index (χ1n) is 6.17. The average Bonchev–Trinajstić information content (AvgIpc) is 2.38. The Bertz CT molecular complexity index is 470. The Hall–Kier alpha value is -1.11. The standard InChI is InChI=1S/C15H18O2S/c1-4-12-5-7-13(8-6-12)15-17-9-14(11(2)3)10-18(15)16/h1,5-8,11,14-15H,9-10H2,2-3H3. The minimum absolute atomic E-state index is 0.299. The summed E-state index contributed by atoms with van der Waals surface area (Å²) in [6, 6.07) is 7.55. The van der Waals surface area contributed by atoms with E-state index in [-0.39, 0.29) is 5.44 Å². The zero-order valence-electron chi connectivity index (χ0n) is 10.8. The second kappa shape index (κ2) is 5.69. The third kappa shape index (κ3) is 2.82. The van der Waals surface area contributed by atoms with Crippen molar-refractivity contribution < 1.29 is 8.95 Å². The summed E-state index contributed by atoms with van der Waals surface area (Å²) in [5.41, 5.74) is 1.49. The van der Waals surface area contributed by atoms with Gasteiger partial charge in [0.25, 0.3) is 0 Å². The fourth-order valence-corrected chi connectivity index (χ4v) is 3.77. The van der Waals surface area contributed by atoms with Gasteiger partial charge in [-0.3, -0.25) is 4.21 Å². The largest absolute Gasteiger partial charge is 0.360 e. The van der Waals surface area contributed by atoms with Crippen LogP contribution < -0.4 is 0 Å². The molecule has 0 aromatic heterocycles. The fourth-order valence-electron chi connectivity index (χ4n) is 2.00. The van der Waals surface area contributed by atoms with Gasteiger partial charge in [-0.1, -0.05) is 31.9 Å². The van der Waals surface area contributed by atoms with Gasteiger partial charge < -0.3 is 4.74 Å². The first kappa shape index (κ1) is 13.3. The second-order valence-corrected chi connectivity index (χ2v) is 6.51. The van der Waals surface area contributed by atoms with Crippen LogP contribution in [0, 0.1) is 24.2 Å². The zero-order chi connectivity index (χ0) is 13.1. The van der Waals surface area contributed by atoms with Crippen LogP contribution in [0.1, 0.15) is 30.4 Å². The summed E-state index contributed by atoms with van der Waals surface area (Å²) in [4.78, 5) is 0. The van der Waals surface area contributed by atoms with Crippen molar-refractivity contribution in [2.24, 2.45) is 11.8 Å². The Morgan fingerprint density at radius 1 is 1.39 bits per heavy atom. The molecule has 1 aliphatic rings. The molecule has 0 saturated carbocycles. The summed E-state index contributed by atoms with van der Waals surface area (Å²) in [6.45, 7) is 4.98. The molecular formula is C15H18O2S. The highest BCUT2D eigenvalue weighted by atomic mass is 32.2. The first-order valence-corrected chi connectivity index (χ1v) is 7.55. The quantitative estimate of drug-likeness (QED) is 0.766. The van der Waals surface area contributed by atoms with Gasteiger partial charge in [0.1, 0.15) is 0 Å². The predicted octanol–water partition coefficient (Wildman–Crippen LogP) is 2.72. The van der Waals surface area contributed by atoms with Crippen LogP contribution in [0.25, 0.3) is 0 Å². The van der Waals surface area contributed by atoms with E-state index in [1.54, 1.807) is 0 Å². The molecule has 1 aromatic rings. The third-order valence-electron chi connectivity index (χ3n) is 3.37. The molecule has 1 aliphatic heterocycles. The molecule has 0 amide bonds. The van der Waals surface area contributed by atoms with E-state index in [2.05, 4.69) is 19.8 Å². The Morgan fingerprint density at radius 2 is 2.06 bits per heavy atom. The van der Waals surface area contributed by atoms with E-state index in [0.29, 0.717) is 18.4 Å². The van der Waals surface area contributed by atoms with Crippen LogP contribution in [0.2, 0.25) is 0 Å². The number of terminal acetylenes is 1. The smallest absolute Gasteiger partial charge is 0.157 e. The van der Waals surface area contributed by atoms with Gasteiger partial charge in [0.15, 0.2) is 5.44 Å². The van der Waals surface area contributed by atoms with E-state index in [4.69, 9.17) is 11.2 Å². The van der Waals surface area contributed by atoms with Crippen LogP contribution in [0.5, 0.6) is 0 Å². The second-order valence-electron chi connectivity index (χ2n) is 4.98. The number of benzene rings is 1. The van der Waals surface area contributed by atoms with Crippen LogP contribution in [0.3, 0.4) is 0 Å². The van der Waals surface area contributed by atoms with E-state index in [9.17, 15) is 4.21 Å². The van der Waals surface area contributed by atoms with Gasteiger partial charge in [0.05, 0.1) is 17.4 Å². The van der Waals surface area contributed by atoms with Gasteiger partial charge >= 0.3 is 0 Å². The Kier molecular flexibility index (Phi) is 4.21. The molecule has 1 aromatic carbocycles. The molecule has 1 heterocycles. The summed E-state index contributed by atoms with van der Waals surface area (Å²) < 4.78 is 18.0. The molecule has 2 rings (SSSR count). The molecule has 0 aliphatic carbocycles. The maximum absolute atomic E-state index is 12.2. The van der Waals surface area contributed by atoms with Crippen LogP contribution in [0.4, 0.5) is 0 Å². The van der Waals surface area contributed by atoms with Crippen molar-refractivity contribution in [3.8, 4) is 12.3 Å². The fraction of sp³-hybridized carbons (Fsp3) is 0.467. The van der Waals surface area contributed by atoms with Gasteiger partial charge in [-0.25, -0.2) is 0 Å². The van der Waals surface area contributed by atoms with E-state index < -0.39 is 10.8 Å². The molecule has 96 valence electrons. The van der Waals surface area contributed by atoms with Crippen molar-refractivity contribution >= 4 is 10.8 Å². The van der Waals surface area contributed by atoms with Gasteiger partial charge in [0, 0.05) is 11.3 Å². The highest BCUT2D eigenvalue weighted by molar-refractivity contribution is 7.85. The molecule has 3 atom stereocenters. The molecular weight excluding hydrogens is 244 g/mol. The topological polar surface area (TPSA) is 26.3 Å². The normalized spacial score (nSPS) is 28.0. The highest BCUT2D eigenvalue weighted by Crippen LogP contribution is 2.30. The Morgan fingerprint density at radius 3 is 2.56 bits per heavy atom. The van der Waals surface area contributed by atoms with Gasteiger partial charge in [0.2, 0.25) is 0 Å². The van der Waals surface area contributed by atoms with E-state index in [0.717, 1.165) is 16.9 Å². The predicted molar refractivity (Wildman–Crippen MR) is 74.4 cm³/mol. The van der Waals surface area contributed by atoms with E-state index in [1.165, 1.54) is 0 Å². The lowest BCUT2D eigenvalue weighted by atomic mass is 9.99. The summed E-state index contributed by atoms with van der Waals surface area (Å²) in [5.74, 6) is 4.20. The van der Waals surface area contributed by atoms with Crippen LogP contribution in [0.15, 0.2) is 24.3 Å². The van der Waals surface area contributed by atoms with Crippen LogP contribution >= 0.6 is 0 Å². The SMILES string of the molecule is C#Cc1ccc(C2OCC(C(C)C)CS2=O)cc1. The maximum atomic E-state index is 12.2. The van der Waals surface area contributed by atoms with Crippen molar-refractivity contribution in [2.45, 2.75) is 19.3 Å². The monoisotopic (exact) mass is 262 g/mol. The lowest BCUT2D eigenvalue weighted by molar-refractivity contribution is 0.0578. The Labute approximate surface area is 111 Å². The lowest BCUT2D eigenvalue weighted by Gasteiger charge is -2.30. The van der Waals surface area contributed by atoms with Crippen molar-refractivity contribution in [1.29, 1.82) is 0 Å². The molecule has 1 saturated heterocycles. The van der Waals surface area contributed by atoms with Gasteiger partial charge in [-0.2, -0.15) is 0 Å². The highest BCUT2D eigenvalue weighted by Gasteiger charge is 2.30.